The molecule has 0 amide bonds. The standard InChI is InChI=1S/C17H16FNO3/c1-2-21-12-5-3-10(4-6-12)16-9-15(20)13-7-11(18)8-14(19)17(13)22-16/h3-8,16H,2,9,19H2,1H3. The number of halogens is 1. The Bertz CT molecular complexity index is 713. The molecular weight excluding hydrogens is 285 g/mol. The summed E-state index contributed by atoms with van der Waals surface area (Å²) in [6.07, 6.45) is -0.271. The van der Waals surface area contributed by atoms with Crippen molar-refractivity contribution in [3.05, 3.63) is 53.3 Å². The second-order valence-corrected chi connectivity index (χ2v) is 5.11. The molecule has 1 aliphatic rings. The van der Waals surface area contributed by atoms with Crippen molar-refractivity contribution in [2.75, 3.05) is 12.3 Å². The van der Waals surface area contributed by atoms with Crippen molar-refractivity contribution < 1.29 is 18.7 Å². The topological polar surface area (TPSA) is 61.5 Å². The van der Waals surface area contributed by atoms with E-state index in [1.54, 1.807) is 0 Å². The summed E-state index contributed by atoms with van der Waals surface area (Å²) in [6, 6.07) is 9.70. The average Bonchev–Trinajstić information content (AvgIpc) is 2.49. The Balaban J connectivity index is 1.90. The van der Waals surface area contributed by atoms with Gasteiger partial charge in [-0.3, -0.25) is 4.79 Å². The third-order valence-electron chi connectivity index (χ3n) is 3.58. The minimum atomic E-state index is -0.535. The second-order valence-electron chi connectivity index (χ2n) is 5.11. The molecule has 0 radical (unpaired) electrons. The Morgan fingerprint density at radius 1 is 1.32 bits per heavy atom. The monoisotopic (exact) mass is 301 g/mol. The summed E-state index contributed by atoms with van der Waals surface area (Å²) in [5, 5.41) is 0. The number of hydrogen-bond acceptors (Lipinski definition) is 4. The van der Waals surface area contributed by atoms with Gasteiger partial charge in [-0.15, -0.1) is 0 Å². The van der Waals surface area contributed by atoms with Crippen LogP contribution in [0.5, 0.6) is 11.5 Å². The fourth-order valence-corrected chi connectivity index (χ4v) is 2.55. The van der Waals surface area contributed by atoms with Gasteiger partial charge in [-0.2, -0.15) is 0 Å². The largest absolute Gasteiger partial charge is 0.494 e. The maximum atomic E-state index is 13.4. The molecule has 0 aromatic heterocycles. The molecule has 0 aliphatic carbocycles. The maximum Gasteiger partial charge on any atom is 0.170 e. The van der Waals surface area contributed by atoms with Gasteiger partial charge in [0.2, 0.25) is 0 Å². The zero-order valence-electron chi connectivity index (χ0n) is 12.1. The molecule has 0 saturated heterocycles. The summed E-state index contributed by atoms with van der Waals surface area (Å²) < 4.78 is 24.6. The Kier molecular flexibility index (Phi) is 3.71. The number of ketones is 1. The van der Waals surface area contributed by atoms with E-state index in [4.69, 9.17) is 15.2 Å². The Hall–Kier alpha value is -2.56. The van der Waals surface area contributed by atoms with Crippen LogP contribution in [0.15, 0.2) is 36.4 Å². The summed E-state index contributed by atoms with van der Waals surface area (Å²) in [4.78, 5) is 12.2. The number of hydrogen-bond donors (Lipinski definition) is 1. The summed E-state index contributed by atoms with van der Waals surface area (Å²) >= 11 is 0. The molecule has 1 atom stereocenters. The highest BCUT2D eigenvalue weighted by atomic mass is 19.1. The number of nitrogens with two attached hydrogens (primary N) is 1. The van der Waals surface area contributed by atoms with Crippen molar-refractivity contribution in [3.8, 4) is 11.5 Å². The van der Waals surface area contributed by atoms with E-state index in [1.807, 2.05) is 31.2 Å². The molecule has 0 spiro atoms. The van der Waals surface area contributed by atoms with Crippen LogP contribution in [-0.2, 0) is 0 Å². The Labute approximate surface area is 127 Å². The number of rotatable bonds is 3. The van der Waals surface area contributed by atoms with Crippen molar-refractivity contribution in [1.29, 1.82) is 0 Å². The number of carbonyl (C=O) groups excluding carboxylic acids is 1. The van der Waals surface area contributed by atoms with Crippen LogP contribution in [0.1, 0.15) is 35.4 Å². The van der Waals surface area contributed by atoms with E-state index < -0.39 is 11.9 Å². The molecule has 114 valence electrons. The van der Waals surface area contributed by atoms with Gasteiger partial charge < -0.3 is 15.2 Å². The van der Waals surface area contributed by atoms with Gasteiger partial charge in [0.1, 0.15) is 17.7 Å². The third-order valence-corrected chi connectivity index (χ3v) is 3.58. The molecule has 1 aliphatic heterocycles. The third kappa shape index (κ3) is 2.62. The first-order chi connectivity index (χ1) is 10.6. The van der Waals surface area contributed by atoms with E-state index in [1.165, 1.54) is 6.07 Å². The van der Waals surface area contributed by atoms with Crippen LogP contribution in [0.2, 0.25) is 0 Å². The van der Waals surface area contributed by atoms with Gasteiger partial charge in [-0.1, -0.05) is 12.1 Å². The molecule has 4 nitrogen and oxygen atoms in total. The van der Waals surface area contributed by atoms with E-state index >= 15 is 0 Å². The van der Waals surface area contributed by atoms with Crippen LogP contribution in [0.3, 0.4) is 0 Å². The molecule has 2 aromatic rings. The minimum Gasteiger partial charge on any atom is -0.494 e. The maximum absolute atomic E-state index is 13.4. The van der Waals surface area contributed by atoms with Crippen LogP contribution < -0.4 is 15.2 Å². The zero-order valence-corrected chi connectivity index (χ0v) is 12.1. The molecule has 5 heteroatoms. The fourth-order valence-electron chi connectivity index (χ4n) is 2.55. The lowest BCUT2D eigenvalue weighted by molar-refractivity contribution is 0.0850. The molecule has 2 N–H and O–H groups in total. The van der Waals surface area contributed by atoms with Crippen molar-refractivity contribution in [2.45, 2.75) is 19.4 Å². The highest BCUT2D eigenvalue weighted by Crippen LogP contribution is 2.39. The fraction of sp³-hybridized carbons (Fsp3) is 0.235. The minimum absolute atomic E-state index is 0.138. The molecular formula is C17H16FNO3. The van der Waals surface area contributed by atoms with Crippen LogP contribution in [0, 0.1) is 5.82 Å². The van der Waals surface area contributed by atoms with Gasteiger partial charge in [0.05, 0.1) is 24.3 Å². The van der Waals surface area contributed by atoms with E-state index in [9.17, 15) is 9.18 Å². The lowest BCUT2D eigenvalue weighted by atomic mass is 9.95. The number of carbonyl (C=O) groups is 1. The van der Waals surface area contributed by atoms with Gasteiger partial charge in [0, 0.05) is 6.07 Å². The van der Waals surface area contributed by atoms with E-state index in [-0.39, 0.29) is 29.2 Å². The molecule has 0 saturated carbocycles. The molecule has 3 rings (SSSR count). The first-order valence-electron chi connectivity index (χ1n) is 7.10. The van der Waals surface area contributed by atoms with E-state index in [2.05, 4.69) is 0 Å². The van der Waals surface area contributed by atoms with Gasteiger partial charge in [-0.05, 0) is 30.7 Å². The number of nitrogen functional groups attached to an aromatic ring is 1. The first-order valence-corrected chi connectivity index (χ1v) is 7.10. The van der Waals surface area contributed by atoms with Crippen LogP contribution in [-0.4, -0.2) is 12.4 Å². The Morgan fingerprint density at radius 3 is 2.73 bits per heavy atom. The summed E-state index contributed by atoms with van der Waals surface area (Å²) in [5.41, 5.74) is 6.97. The summed E-state index contributed by atoms with van der Waals surface area (Å²) in [7, 11) is 0. The predicted octanol–water partition coefficient (Wildman–Crippen LogP) is 3.51. The van der Waals surface area contributed by atoms with E-state index in [0.717, 1.165) is 17.4 Å². The number of benzene rings is 2. The quantitative estimate of drug-likeness (QED) is 0.881. The van der Waals surface area contributed by atoms with Crippen molar-refractivity contribution in [1.82, 2.24) is 0 Å². The number of anilines is 1. The summed E-state index contributed by atoms with van der Waals surface area (Å²) in [5.74, 6) is 0.311. The molecule has 0 fully saturated rings. The SMILES string of the molecule is CCOc1ccc(C2CC(=O)c3cc(F)cc(N)c3O2)cc1. The molecule has 22 heavy (non-hydrogen) atoms. The van der Waals surface area contributed by atoms with Crippen LogP contribution in [0.25, 0.3) is 0 Å². The average molecular weight is 301 g/mol. The molecule has 0 bridgehead atoms. The second kappa shape index (κ2) is 5.67. The normalized spacial score (nSPS) is 16.8. The van der Waals surface area contributed by atoms with Crippen molar-refractivity contribution >= 4 is 11.5 Å². The highest BCUT2D eigenvalue weighted by molar-refractivity contribution is 6.01. The number of Topliss-reactive ketones (excluding diaryl/α,β-unsaturated/α-hetero) is 1. The van der Waals surface area contributed by atoms with Crippen molar-refractivity contribution in [2.24, 2.45) is 0 Å². The van der Waals surface area contributed by atoms with Crippen LogP contribution in [0.4, 0.5) is 10.1 Å². The Morgan fingerprint density at radius 2 is 2.05 bits per heavy atom. The van der Waals surface area contributed by atoms with Gasteiger partial charge in [-0.25, -0.2) is 4.39 Å². The van der Waals surface area contributed by atoms with Gasteiger partial charge >= 0.3 is 0 Å². The summed E-state index contributed by atoms with van der Waals surface area (Å²) in [6.45, 7) is 2.50. The lowest BCUT2D eigenvalue weighted by Gasteiger charge is -2.26. The van der Waals surface area contributed by atoms with Crippen LogP contribution >= 0.6 is 0 Å². The lowest BCUT2D eigenvalue weighted by Crippen LogP contribution is -2.21. The first kappa shape index (κ1) is 14.4. The zero-order chi connectivity index (χ0) is 15.7. The molecule has 1 heterocycles. The smallest absolute Gasteiger partial charge is 0.170 e. The number of ether oxygens (including phenoxy) is 2. The number of fused-ring (bicyclic) bond motifs is 1. The molecule has 2 aromatic carbocycles. The van der Waals surface area contributed by atoms with Crippen molar-refractivity contribution in [3.63, 3.8) is 0 Å². The highest BCUT2D eigenvalue weighted by Gasteiger charge is 2.29. The molecule has 1 unspecified atom stereocenters. The van der Waals surface area contributed by atoms with E-state index in [0.29, 0.717) is 6.61 Å². The predicted molar refractivity (Wildman–Crippen MR) is 80.7 cm³/mol. The van der Waals surface area contributed by atoms with Gasteiger partial charge in [0.15, 0.2) is 11.5 Å². The van der Waals surface area contributed by atoms with Gasteiger partial charge in [0.25, 0.3) is 0 Å².